The molecule has 14 heavy (non-hydrogen) atoms. The van der Waals surface area contributed by atoms with Crippen molar-refractivity contribution < 1.29 is 18.0 Å². The third kappa shape index (κ3) is 2.37. The molecule has 0 bridgehead atoms. The van der Waals surface area contributed by atoms with E-state index >= 15 is 0 Å². The summed E-state index contributed by atoms with van der Waals surface area (Å²) in [5, 5.41) is 0. The molecule has 0 N–H and O–H groups in total. The normalized spacial score (nSPS) is 17.6. The molecule has 1 rings (SSSR count). The van der Waals surface area contributed by atoms with Gasteiger partial charge in [-0.3, -0.25) is 4.79 Å². The molecule has 0 spiro atoms. The highest BCUT2D eigenvalue weighted by Gasteiger charge is 2.35. The summed E-state index contributed by atoms with van der Waals surface area (Å²) in [5.41, 5.74) is -0.550. The van der Waals surface area contributed by atoms with Gasteiger partial charge in [0.1, 0.15) is 0 Å². The van der Waals surface area contributed by atoms with Crippen molar-refractivity contribution >= 4 is 5.91 Å². The minimum atomic E-state index is -4.26. The van der Waals surface area contributed by atoms with E-state index in [1.54, 1.807) is 0 Å². The molecule has 78 valence electrons. The van der Waals surface area contributed by atoms with Gasteiger partial charge in [-0.25, -0.2) is 0 Å². The Morgan fingerprint density at radius 3 is 2.57 bits per heavy atom. The van der Waals surface area contributed by atoms with Crippen molar-refractivity contribution in [3.05, 3.63) is 24.3 Å². The fourth-order valence-electron chi connectivity index (χ4n) is 1.26. The lowest BCUT2D eigenvalue weighted by Crippen LogP contribution is -2.35. The van der Waals surface area contributed by atoms with Crippen LogP contribution in [0.5, 0.6) is 0 Å². The fraction of sp³-hybridized carbons (Fsp3) is 0.444. The van der Waals surface area contributed by atoms with Crippen LogP contribution in [0.15, 0.2) is 24.3 Å². The number of hydrogen-bond donors (Lipinski definition) is 0. The molecule has 0 aromatic heterocycles. The van der Waals surface area contributed by atoms with Crippen LogP contribution in [0.4, 0.5) is 13.2 Å². The largest absolute Gasteiger partial charge is 0.412 e. The van der Waals surface area contributed by atoms with Gasteiger partial charge in [0.05, 0.1) is 0 Å². The molecule has 2 nitrogen and oxygen atoms in total. The van der Waals surface area contributed by atoms with Gasteiger partial charge in [-0.15, -0.1) is 0 Å². The molecule has 1 amide bonds. The van der Waals surface area contributed by atoms with E-state index in [4.69, 9.17) is 0 Å². The molecule has 0 atom stereocenters. The maximum atomic E-state index is 12.2. The zero-order valence-corrected chi connectivity index (χ0v) is 7.47. The van der Waals surface area contributed by atoms with Crippen molar-refractivity contribution in [2.75, 3.05) is 13.1 Å². The van der Waals surface area contributed by atoms with Gasteiger partial charge in [-0.05, 0) is 12.5 Å². The highest BCUT2D eigenvalue weighted by atomic mass is 19.4. The summed E-state index contributed by atoms with van der Waals surface area (Å²) < 4.78 is 36.5. The van der Waals surface area contributed by atoms with E-state index in [2.05, 4.69) is 6.58 Å². The monoisotopic (exact) mass is 205 g/mol. The molecule has 0 aromatic carbocycles. The zero-order valence-electron chi connectivity index (χ0n) is 7.47. The first kappa shape index (κ1) is 10.8. The highest BCUT2D eigenvalue weighted by Crippen LogP contribution is 2.29. The molecule has 1 heterocycles. The second-order valence-electron chi connectivity index (χ2n) is 2.97. The molecule has 0 saturated heterocycles. The average molecular weight is 205 g/mol. The number of alkyl halides is 3. The zero-order chi connectivity index (χ0) is 10.8. The summed E-state index contributed by atoms with van der Waals surface area (Å²) in [7, 11) is 0. The number of halogens is 3. The van der Waals surface area contributed by atoms with E-state index in [0.29, 0.717) is 0 Å². The summed E-state index contributed by atoms with van der Waals surface area (Å²) in [6.45, 7) is 3.39. The summed E-state index contributed by atoms with van der Waals surface area (Å²) in [5.74, 6) is -0.331. The Labute approximate surface area is 79.7 Å². The molecule has 1 aliphatic heterocycles. The number of hydrogen-bond acceptors (Lipinski definition) is 1. The van der Waals surface area contributed by atoms with Crippen LogP contribution in [-0.2, 0) is 4.79 Å². The van der Waals surface area contributed by atoms with Gasteiger partial charge in [0.25, 0.3) is 0 Å². The lowest BCUT2D eigenvalue weighted by atomic mass is 10.1. The van der Waals surface area contributed by atoms with E-state index in [9.17, 15) is 18.0 Å². The molecule has 0 fully saturated rings. The molecule has 0 unspecified atom stereocenters. The molecule has 5 heteroatoms. The number of nitrogens with zero attached hydrogens (tertiary/aromatic N) is 1. The van der Waals surface area contributed by atoms with Crippen molar-refractivity contribution in [2.45, 2.75) is 12.6 Å². The van der Waals surface area contributed by atoms with Crippen molar-refractivity contribution in [3.63, 3.8) is 0 Å². The molecule has 0 radical (unpaired) electrons. The Kier molecular flexibility index (Phi) is 2.98. The van der Waals surface area contributed by atoms with Gasteiger partial charge < -0.3 is 4.90 Å². The first-order chi connectivity index (χ1) is 6.45. The van der Waals surface area contributed by atoms with Gasteiger partial charge >= 0.3 is 6.18 Å². The third-order valence-electron chi connectivity index (χ3n) is 2.06. The van der Waals surface area contributed by atoms with Crippen LogP contribution in [0.25, 0.3) is 0 Å². The topological polar surface area (TPSA) is 20.3 Å². The fourth-order valence-corrected chi connectivity index (χ4v) is 1.26. The van der Waals surface area contributed by atoms with E-state index in [-0.39, 0.29) is 25.4 Å². The maximum Gasteiger partial charge on any atom is 0.412 e. The standard InChI is InChI=1S/C9H10F3NO/c1-2-8(14)13-5-3-7(4-6-13)9(10,11)12/h2-3H,1,4-6H2. The van der Waals surface area contributed by atoms with Crippen LogP contribution in [0.1, 0.15) is 6.42 Å². The van der Waals surface area contributed by atoms with Gasteiger partial charge in [0.15, 0.2) is 0 Å². The summed E-state index contributed by atoms with van der Waals surface area (Å²) in [6, 6.07) is 0. The Morgan fingerprint density at radius 2 is 2.21 bits per heavy atom. The van der Waals surface area contributed by atoms with Gasteiger partial charge in [0.2, 0.25) is 5.91 Å². The van der Waals surface area contributed by atoms with Crippen LogP contribution in [0.3, 0.4) is 0 Å². The third-order valence-corrected chi connectivity index (χ3v) is 2.06. The smallest absolute Gasteiger partial charge is 0.335 e. The van der Waals surface area contributed by atoms with Crippen LogP contribution in [0.2, 0.25) is 0 Å². The Morgan fingerprint density at radius 1 is 1.57 bits per heavy atom. The molecular formula is C9H10F3NO. The van der Waals surface area contributed by atoms with Gasteiger partial charge in [-0.1, -0.05) is 12.7 Å². The Balaban J connectivity index is 2.64. The SMILES string of the molecule is C=CC(=O)N1CC=C(C(F)(F)F)CC1. The van der Waals surface area contributed by atoms with Gasteiger partial charge in [-0.2, -0.15) is 13.2 Å². The predicted molar refractivity (Wildman–Crippen MR) is 45.5 cm³/mol. The lowest BCUT2D eigenvalue weighted by molar-refractivity contribution is -0.127. The van der Waals surface area contributed by atoms with Crippen LogP contribution in [0, 0.1) is 0 Å². The summed E-state index contributed by atoms with van der Waals surface area (Å²) >= 11 is 0. The minimum absolute atomic E-state index is 0.0136. The molecule has 0 aromatic rings. The second-order valence-corrected chi connectivity index (χ2v) is 2.97. The maximum absolute atomic E-state index is 12.2. The van der Waals surface area contributed by atoms with Crippen LogP contribution in [-0.4, -0.2) is 30.1 Å². The summed E-state index contributed by atoms with van der Waals surface area (Å²) in [4.78, 5) is 12.3. The predicted octanol–water partition coefficient (Wildman–Crippen LogP) is 1.89. The molecule has 0 aliphatic carbocycles. The molecule has 0 saturated carbocycles. The Hall–Kier alpha value is -1.26. The second kappa shape index (κ2) is 3.86. The van der Waals surface area contributed by atoms with Crippen LogP contribution < -0.4 is 0 Å². The van der Waals surface area contributed by atoms with Crippen molar-refractivity contribution in [1.29, 1.82) is 0 Å². The van der Waals surface area contributed by atoms with Crippen molar-refractivity contribution in [3.8, 4) is 0 Å². The minimum Gasteiger partial charge on any atom is -0.335 e. The van der Waals surface area contributed by atoms with E-state index < -0.39 is 11.7 Å². The Bertz CT molecular complexity index is 280. The average Bonchev–Trinajstić information content (AvgIpc) is 2.15. The summed E-state index contributed by atoms with van der Waals surface area (Å²) in [6.07, 6.45) is -2.25. The van der Waals surface area contributed by atoms with Gasteiger partial charge in [0, 0.05) is 18.7 Å². The lowest BCUT2D eigenvalue weighted by Gasteiger charge is -2.26. The number of carbonyl (C=O) groups excluding carboxylic acids is 1. The van der Waals surface area contributed by atoms with E-state index in [0.717, 1.165) is 12.2 Å². The first-order valence-corrected chi connectivity index (χ1v) is 4.12. The van der Waals surface area contributed by atoms with Crippen molar-refractivity contribution in [2.24, 2.45) is 0 Å². The van der Waals surface area contributed by atoms with Crippen LogP contribution >= 0.6 is 0 Å². The number of carbonyl (C=O) groups is 1. The molecule has 1 aliphatic rings. The molecular weight excluding hydrogens is 195 g/mol. The van der Waals surface area contributed by atoms with E-state index in [1.165, 1.54) is 4.90 Å². The van der Waals surface area contributed by atoms with E-state index in [1.807, 2.05) is 0 Å². The quantitative estimate of drug-likeness (QED) is 0.473. The number of rotatable bonds is 1. The first-order valence-electron chi connectivity index (χ1n) is 4.12. The van der Waals surface area contributed by atoms with Crippen molar-refractivity contribution in [1.82, 2.24) is 4.90 Å². The number of amides is 1. The highest BCUT2D eigenvalue weighted by molar-refractivity contribution is 5.87.